The molecule has 0 aliphatic carbocycles. The second-order valence-electron chi connectivity index (χ2n) is 3.80. The summed E-state index contributed by atoms with van der Waals surface area (Å²) >= 11 is 12.4. The van der Waals surface area contributed by atoms with Gasteiger partial charge >= 0.3 is 0 Å². The van der Waals surface area contributed by atoms with Gasteiger partial charge in [-0.1, -0.05) is 29.3 Å². The molecule has 0 saturated heterocycles. The van der Waals surface area contributed by atoms with Crippen LogP contribution in [0.25, 0.3) is 0 Å². The number of aliphatic imine (C=N–C) groups is 1. The summed E-state index contributed by atoms with van der Waals surface area (Å²) in [6.45, 7) is 0.577. The Labute approximate surface area is 109 Å². The van der Waals surface area contributed by atoms with Gasteiger partial charge in [0.1, 0.15) is 6.61 Å². The molecule has 2 rings (SSSR count). The zero-order valence-corrected chi connectivity index (χ0v) is 10.8. The highest BCUT2D eigenvalue weighted by atomic mass is 35.5. The number of halogens is 2. The molecule has 0 amide bonds. The van der Waals surface area contributed by atoms with E-state index in [1.807, 2.05) is 0 Å². The first-order valence-corrected chi connectivity index (χ1v) is 5.76. The van der Waals surface area contributed by atoms with Crippen molar-refractivity contribution in [3.05, 3.63) is 33.8 Å². The molecular formula is C11H12Cl2N2O2. The third-order valence-corrected chi connectivity index (χ3v) is 3.22. The Morgan fingerprint density at radius 2 is 2.12 bits per heavy atom. The van der Waals surface area contributed by atoms with Gasteiger partial charge in [-0.3, -0.25) is 0 Å². The zero-order chi connectivity index (χ0) is 12.5. The molecule has 1 aromatic carbocycles. The van der Waals surface area contributed by atoms with Crippen LogP contribution >= 0.6 is 23.2 Å². The molecule has 6 heteroatoms. The van der Waals surface area contributed by atoms with Crippen molar-refractivity contribution in [3.8, 4) is 0 Å². The minimum absolute atomic E-state index is 0.123. The van der Waals surface area contributed by atoms with Crippen molar-refractivity contribution in [2.45, 2.75) is 5.54 Å². The van der Waals surface area contributed by atoms with E-state index in [-0.39, 0.29) is 12.6 Å². The van der Waals surface area contributed by atoms with Crippen molar-refractivity contribution < 1.29 is 9.47 Å². The lowest BCUT2D eigenvalue weighted by Crippen LogP contribution is -2.31. The fraction of sp³-hybridized carbons (Fsp3) is 0.364. The van der Waals surface area contributed by atoms with Gasteiger partial charge in [0.2, 0.25) is 0 Å². The topological polar surface area (TPSA) is 56.8 Å². The summed E-state index contributed by atoms with van der Waals surface area (Å²) in [6, 6.07) is 5.41. The Bertz CT molecular complexity index is 445. The van der Waals surface area contributed by atoms with Crippen molar-refractivity contribution in [2.24, 2.45) is 10.7 Å². The predicted octanol–water partition coefficient (Wildman–Crippen LogP) is 2.18. The van der Waals surface area contributed by atoms with Crippen molar-refractivity contribution in [1.29, 1.82) is 0 Å². The maximum atomic E-state index is 6.18. The van der Waals surface area contributed by atoms with Crippen LogP contribution in [0.5, 0.6) is 0 Å². The van der Waals surface area contributed by atoms with E-state index in [4.69, 9.17) is 38.4 Å². The van der Waals surface area contributed by atoms with Crippen LogP contribution in [0.1, 0.15) is 5.56 Å². The Hall–Kier alpha value is -0.970. The number of methoxy groups -OCH3 is 1. The monoisotopic (exact) mass is 274 g/mol. The summed E-state index contributed by atoms with van der Waals surface area (Å²) < 4.78 is 10.4. The van der Waals surface area contributed by atoms with Gasteiger partial charge in [-0.05, 0) is 12.1 Å². The highest BCUT2D eigenvalue weighted by molar-refractivity contribution is 6.36. The minimum Gasteiger partial charge on any atom is -0.462 e. The molecule has 1 unspecified atom stereocenters. The number of benzene rings is 1. The Kier molecular flexibility index (Phi) is 3.47. The summed E-state index contributed by atoms with van der Waals surface area (Å²) in [4.78, 5) is 4.28. The van der Waals surface area contributed by atoms with E-state index in [1.165, 1.54) is 0 Å². The van der Waals surface area contributed by atoms with Gasteiger partial charge < -0.3 is 15.2 Å². The predicted molar refractivity (Wildman–Crippen MR) is 67.6 cm³/mol. The largest absolute Gasteiger partial charge is 0.462 e. The second kappa shape index (κ2) is 4.72. The maximum absolute atomic E-state index is 6.18. The smallest absolute Gasteiger partial charge is 0.283 e. The van der Waals surface area contributed by atoms with Crippen LogP contribution in [0.3, 0.4) is 0 Å². The van der Waals surface area contributed by atoms with Crippen molar-refractivity contribution in [3.63, 3.8) is 0 Å². The lowest BCUT2D eigenvalue weighted by Gasteiger charge is -2.25. The van der Waals surface area contributed by atoms with E-state index in [9.17, 15) is 0 Å². The molecule has 0 saturated carbocycles. The summed E-state index contributed by atoms with van der Waals surface area (Å²) in [5, 5.41) is 1.05. The fourth-order valence-electron chi connectivity index (χ4n) is 1.92. The molecule has 1 aliphatic heterocycles. The molecule has 1 aromatic rings. The SMILES string of the molecule is COCC1(c2c(Cl)cccc2Cl)COC(N)=N1. The Morgan fingerprint density at radius 1 is 1.47 bits per heavy atom. The van der Waals surface area contributed by atoms with Crippen LogP contribution in [0.4, 0.5) is 0 Å². The normalized spacial score (nSPS) is 23.4. The van der Waals surface area contributed by atoms with E-state index < -0.39 is 5.54 Å². The summed E-state index contributed by atoms with van der Waals surface area (Å²) in [5.74, 6) is 0. The average molecular weight is 275 g/mol. The molecule has 0 bridgehead atoms. The molecule has 92 valence electrons. The molecule has 0 radical (unpaired) electrons. The van der Waals surface area contributed by atoms with Gasteiger partial charge in [-0.25, -0.2) is 4.99 Å². The molecule has 4 nitrogen and oxygen atoms in total. The third kappa shape index (κ3) is 2.20. The number of amidine groups is 1. The molecule has 1 aliphatic rings. The number of hydrogen-bond donors (Lipinski definition) is 1. The lowest BCUT2D eigenvalue weighted by molar-refractivity contribution is 0.111. The number of nitrogens with zero attached hydrogens (tertiary/aromatic N) is 1. The number of rotatable bonds is 3. The quantitative estimate of drug-likeness (QED) is 0.919. The molecule has 1 atom stereocenters. The van der Waals surface area contributed by atoms with Crippen LogP contribution in [0, 0.1) is 0 Å². The van der Waals surface area contributed by atoms with Crippen molar-refractivity contribution >= 4 is 29.2 Å². The first kappa shape index (κ1) is 12.5. The summed E-state index contributed by atoms with van der Waals surface area (Å²) in [6.07, 6.45) is 0. The van der Waals surface area contributed by atoms with E-state index >= 15 is 0 Å². The highest BCUT2D eigenvalue weighted by Crippen LogP contribution is 2.39. The fourth-order valence-corrected chi connectivity index (χ4v) is 2.67. The average Bonchev–Trinajstić information content (AvgIpc) is 2.61. The zero-order valence-electron chi connectivity index (χ0n) is 9.24. The van der Waals surface area contributed by atoms with Gasteiger partial charge in [0.15, 0.2) is 5.54 Å². The van der Waals surface area contributed by atoms with Crippen LogP contribution < -0.4 is 5.73 Å². The lowest BCUT2D eigenvalue weighted by atomic mass is 9.92. The summed E-state index contributed by atoms with van der Waals surface area (Å²) in [7, 11) is 1.58. The number of nitrogens with two attached hydrogens (primary N) is 1. The number of ether oxygens (including phenoxy) is 2. The highest BCUT2D eigenvalue weighted by Gasteiger charge is 2.41. The van der Waals surface area contributed by atoms with Crippen LogP contribution in [0.2, 0.25) is 10.0 Å². The molecule has 17 heavy (non-hydrogen) atoms. The van der Waals surface area contributed by atoms with Crippen LogP contribution in [-0.4, -0.2) is 26.3 Å². The molecule has 0 aromatic heterocycles. The molecular weight excluding hydrogens is 263 g/mol. The number of hydrogen-bond acceptors (Lipinski definition) is 4. The van der Waals surface area contributed by atoms with E-state index in [1.54, 1.807) is 25.3 Å². The second-order valence-corrected chi connectivity index (χ2v) is 4.61. The molecule has 2 N–H and O–H groups in total. The first-order valence-electron chi connectivity index (χ1n) is 5.00. The molecule has 0 fully saturated rings. The first-order chi connectivity index (χ1) is 8.09. The molecule has 0 spiro atoms. The van der Waals surface area contributed by atoms with Gasteiger partial charge in [-0.2, -0.15) is 0 Å². The van der Waals surface area contributed by atoms with Crippen LogP contribution in [0.15, 0.2) is 23.2 Å². The Morgan fingerprint density at radius 3 is 2.59 bits per heavy atom. The standard InChI is InChI=1S/C11H12Cl2N2O2/c1-16-5-11(6-17-10(14)15-11)9-7(12)3-2-4-8(9)13/h2-4H,5-6H2,1H3,(H2,14,15). The molecule has 1 heterocycles. The van der Waals surface area contributed by atoms with Gasteiger partial charge in [0.05, 0.1) is 6.61 Å². The maximum Gasteiger partial charge on any atom is 0.283 e. The van der Waals surface area contributed by atoms with Crippen molar-refractivity contribution in [1.82, 2.24) is 0 Å². The minimum atomic E-state index is -0.756. The van der Waals surface area contributed by atoms with Crippen LogP contribution in [-0.2, 0) is 15.0 Å². The van der Waals surface area contributed by atoms with E-state index in [0.717, 1.165) is 0 Å². The van der Waals surface area contributed by atoms with E-state index in [0.29, 0.717) is 22.2 Å². The summed E-state index contributed by atoms with van der Waals surface area (Å²) in [5.41, 5.74) is 5.49. The van der Waals surface area contributed by atoms with E-state index in [2.05, 4.69) is 4.99 Å². The van der Waals surface area contributed by atoms with Crippen molar-refractivity contribution in [2.75, 3.05) is 20.3 Å². The van der Waals surface area contributed by atoms with Gasteiger partial charge in [-0.15, -0.1) is 0 Å². The Balaban J connectivity index is 2.54. The third-order valence-electron chi connectivity index (χ3n) is 2.59. The van der Waals surface area contributed by atoms with Gasteiger partial charge in [0.25, 0.3) is 6.02 Å². The van der Waals surface area contributed by atoms with Gasteiger partial charge in [0, 0.05) is 22.7 Å².